The lowest BCUT2D eigenvalue weighted by Gasteiger charge is -2.07. The molecule has 1 aromatic heterocycles. The first kappa shape index (κ1) is 12.0. The summed E-state index contributed by atoms with van der Waals surface area (Å²) in [4.78, 5) is 22.7. The molecule has 0 saturated carbocycles. The van der Waals surface area contributed by atoms with Crippen LogP contribution in [0.5, 0.6) is 0 Å². The Kier molecular flexibility index (Phi) is 3.37. The number of nitrogens with zero attached hydrogens (tertiary/aromatic N) is 1. The SMILES string of the molecule is CC(C)c1cc(NC(=O)C2CSC(=O)N2)n[nH]1. The third-order valence-corrected chi connectivity index (χ3v) is 3.34. The maximum atomic E-state index is 11.7. The van der Waals surface area contributed by atoms with Crippen molar-refractivity contribution in [3.8, 4) is 0 Å². The molecule has 1 aliphatic heterocycles. The summed E-state index contributed by atoms with van der Waals surface area (Å²) in [6.45, 7) is 4.07. The second kappa shape index (κ2) is 4.79. The van der Waals surface area contributed by atoms with Crippen LogP contribution in [0.3, 0.4) is 0 Å². The van der Waals surface area contributed by atoms with Crippen molar-refractivity contribution in [3.63, 3.8) is 0 Å². The first-order valence-electron chi connectivity index (χ1n) is 5.35. The Morgan fingerprint density at radius 2 is 2.41 bits per heavy atom. The quantitative estimate of drug-likeness (QED) is 0.758. The van der Waals surface area contributed by atoms with Crippen molar-refractivity contribution in [3.05, 3.63) is 11.8 Å². The van der Waals surface area contributed by atoms with E-state index in [2.05, 4.69) is 20.8 Å². The minimum absolute atomic E-state index is 0.157. The summed E-state index contributed by atoms with van der Waals surface area (Å²) in [5.74, 6) is 1.05. The Morgan fingerprint density at radius 1 is 1.65 bits per heavy atom. The van der Waals surface area contributed by atoms with Gasteiger partial charge in [0, 0.05) is 17.5 Å². The van der Waals surface area contributed by atoms with E-state index in [0.29, 0.717) is 17.5 Å². The molecule has 0 spiro atoms. The Bertz CT molecular complexity index is 443. The average Bonchev–Trinajstić information content (AvgIpc) is 2.86. The van der Waals surface area contributed by atoms with Gasteiger partial charge < -0.3 is 10.6 Å². The van der Waals surface area contributed by atoms with E-state index in [1.807, 2.05) is 13.8 Å². The summed E-state index contributed by atoms with van der Waals surface area (Å²) in [5, 5.41) is 11.9. The van der Waals surface area contributed by atoms with Crippen molar-refractivity contribution in [2.24, 2.45) is 0 Å². The molecule has 2 heterocycles. The van der Waals surface area contributed by atoms with Crippen LogP contribution in [0.1, 0.15) is 25.5 Å². The van der Waals surface area contributed by atoms with Crippen molar-refractivity contribution in [1.82, 2.24) is 15.5 Å². The Hall–Kier alpha value is -1.50. The zero-order valence-corrected chi connectivity index (χ0v) is 10.4. The van der Waals surface area contributed by atoms with E-state index >= 15 is 0 Å². The molecular formula is C10H14N4O2S. The number of amides is 2. The van der Waals surface area contributed by atoms with E-state index in [0.717, 1.165) is 17.5 Å². The summed E-state index contributed by atoms with van der Waals surface area (Å²) in [5.41, 5.74) is 0.963. The molecule has 1 aromatic rings. The Labute approximate surface area is 103 Å². The van der Waals surface area contributed by atoms with Crippen LogP contribution >= 0.6 is 11.8 Å². The highest BCUT2D eigenvalue weighted by molar-refractivity contribution is 8.14. The van der Waals surface area contributed by atoms with Crippen LogP contribution in [0.4, 0.5) is 10.6 Å². The molecular weight excluding hydrogens is 240 g/mol. The first-order chi connectivity index (χ1) is 8.06. The van der Waals surface area contributed by atoms with Crippen molar-refractivity contribution in [2.45, 2.75) is 25.8 Å². The van der Waals surface area contributed by atoms with Crippen molar-refractivity contribution < 1.29 is 9.59 Å². The van der Waals surface area contributed by atoms with Gasteiger partial charge in [0.05, 0.1) is 0 Å². The lowest BCUT2D eigenvalue weighted by Crippen LogP contribution is -2.38. The van der Waals surface area contributed by atoms with Crippen LogP contribution in [0.2, 0.25) is 0 Å². The summed E-state index contributed by atoms with van der Waals surface area (Å²) in [7, 11) is 0. The molecule has 1 fully saturated rings. The monoisotopic (exact) mass is 254 g/mol. The Balaban J connectivity index is 1.96. The predicted molar refractivity (Wildman–Crippen MR) is 66.1 cm³/mol. The van der Waals surface area contributed by atoms with Gasteiger partial charge in [0.1, 0.15) is 6.04 Å². The number of anilines is 1. The third-order valence-electron chi connectivity index (χ3n) is 2.46. The molecule has 6 nitrogen and oxygen atoms in total. The standard InChI is InChI=1S/C10H14N4O2S/c1-5(2)6-3-8(14-13-6)12-9(15)7-4-17-10(16)11-7/h3,5,7H,4H2,1-2H3,(H,11,16)(H2,12,13,14,15). The highest BCUT2D eigenvalue weighted by Crippen LogP contribution is 2.17. The van der Waals surface area contributed by atoms with E-state index < -0.39 is 6.04 Å². The van der Waals surface area contributed by atoms with Gasteiger partial charge in [0.15, 0.2) is 5.82 Å². The van der Waals surface area contributed by atoms with Crippen LogP contribution in [0.15, 0.2) is 6.07 Å². The molecule has 0 radical (unpaired) electrons. The fourth-order valence-electron chi connectivity index (χ4n) is 1.44. The largest absolute Gasteiger partial charge is 0.334 e. The summed E-state index contributed by atoms with van der Waals surface area (Å²) < 4.78 is 0. The maximum absolute atomic E-state index is 11.7. The summed E-state index contributed by atoms with van der Waals surface area (Å²) in [6.07, 6.45) is 0. The van der Waals surface area contributed by atoms with E-state index in [1.165, 1.54) is 0 Å². The number of aromatic amines is 1. The number of hydrogen-bond acceptors (Lipinski definition) is 4. The van der Waals surface area contributed by atoms with Gasteiger partial charge >= 0.3 is 0 Å². The number of thioether (sulfide) groups is 1. The molecule has 0 aromatic carbocycles. The highest BCUT2D eigenvalue weighted by atomic mass is 32.2. The minimum Gasteiger partial charge on any atom is -0.334 e. The van der Waals surface area contributed by atoms with Gasteiger partial charge in [-0.15, -0.1) is 0 Å². The molecule has 1 saturated heterocycles. The van der Waals surface area contributed by atoms with E-state index in [4.69, 9.17) is 0 Å². The van der Waals surface area contributed by atoms with E-state index in [-0.39, 0.29) is 11.1 Å². The summed E-state index contributed by atoms with van der Waals surface area (Å²) in [6, 6.07) is 1.33. The number of nitrogens with one attached hydrogen (secondary N) is 3. The van der Waals surface area contributed by atoms with E-state index in [9.17, 15) is 9.59 Å². The molecule has 7 heteroatoms. The van der Waals surface area contributed by atoms with Gasteiger partial charge in [0.25, 0.3) is 5.24 Å². The van der Waals surface area contributed by atoms with Crippen LogP contribution in [-0.4, -0.2) is 33.1 Å². The highest BCUT2D eigenvalue weighted by Gasteiger charge is 2.28. The third kappa shape index (κ3) is 2.79. The van der Waals surface area contributed by atoms with Crippen LogP contribution in [-0.2, 0) is 4.79 Å². The van der Waals surface area contributed by atoms with Gasteiger partial charge in [-0.05, 0) is 5.92 Å². The zero-order valence-electron chi connectivity index (χ0n) is 9.61. The molecule has 0 bridgehead atoms. The lowest BCUT2D eigenvalue weighted by atomic mass is 10.1. The average molecular weight is 254 g/mol. The van der Waals surface area contributed by atoms with Gasteiger partial charge in [-0.2, -0.15) is 5.10 Å². The van der Waals surface area contributed by atoms with Crippen molar-refractivity contribution in [2.75, 3.05) is 11.1 Å². The van der Waals surface area contributed by atoms with Crippen LogP contribution in [0, 0.1) is 0 Å². The number of H-pyrrole nitrogens is 1. The lowest BCUT2D eigenvalue weighted by molar-refractivity contribution is -0.117. The maximum Gasteiger partial charge on any atom is 0.279 e. The topological polar surface area (TPSA) is 86.9 Å². The van der Waals surface area contributed by atoms with Gasteiger partial charge in [-0.3, -0.25) is 14.7 Å². The predicted octanol–water partition coefficient (Wildman–Crippen LogP) is 1.30. The zero-order chi connectivity index (χ0) is 12.4. The first-order valence-corrected chi connectivity index (χ1v) is 6.34. The molecule has 2 amide bonds. The molecule has 0 aliphatic carbocycles. The van der Waals surface area contributed by atoms with Crippen LogP contribution in [0.25, 0.3) is 0 Å². The smallest absolute Gasteiger partial charge is 0.279 e. The molecule has 92 valence electrons. The minimum atomic E-state index is -0.466. The molecule has 2 rings (SSSR count). The van der Waals surface area contributed by atoms with E-state index in [1.54, 1.807) is 6.07 Å². The van der Waals surface area contributed by atoms with Gasteiger partial charge in [-0.1, -0.05) is 25.6 Å². The molecule has 1 aliphatic rings. The van der Waals surface area contributed by atoms with Crippen LogP contribution < -0.4 is 10.6 Å². The van der Waals surface area contributed by atoms with Crippen molar-refractivity contribution >= 4 is 28.7 Å². The molecule has 17 heavy (non-hydrogen) atoms. The fraction of sp³-hybridized carbons (Fsp3) is 0.500. The van der Waals surface area contributed by atoms with Gasteiger partial charge in [-0.25, -0.2) is 0 Å². The van der Waals surface area contributed by atoms with Gasteiger partial charge in [0.2, 0.25) is 5.91 Å². The fourth-order valence-corrected chi connectivity index (χ4v) is 2.21. The number of carbonyl (C=O) groups is 2. The normalized spacial score (nSPS) is 19.5. The Morgan fingerprint density at radius 3 is 2.94 bits per heavy atom. The number of hydrogen-bond donors (Lipinski definition) is 3. The second-order valence-electron chi connectivity index (χ2n) is 4.15. The molecule has 1 atom stereocenters. The summed E-state index contributed by atoms with van der Waals surface area (Å²) >= 11 is 1.12. The number of aromatic nitrogens is 2. The second-order valence-corrected chi connectivity index (χ2v) is 5.14. The number of rotatable bonds is 3. The number of carbonyl (C=O) groups excluding carboxylic acids is 2. The van der Waals surface area contributed by atoms with Crippen molar-refractivity contribution in [1.29, 1.82) is 0 Å². The molecule has 1 unspecified atom stereocenters. The molecule has 3 N–H and O–H groups in total.